The molecule has 0 saturated carbocycles. The van der Waals surface area contributed by atoms with Crippen molar-refractivity contribution >= 4 is 62.8 Å². The summed E-state index contributed by atoms with van der Waals surface area (Å²) in [4.78, 5) is 7.43. The van der Waals surface area contributed by atoms with E-state index >= 15 is 0 Å². The topological polar surface area (TPSA) is 16.1 Å². The molecule has 2 nitrogen and oxygen atoms in total. The highest BCUT2D eigenvalue weighted by molar-refractivity contribution is 6.88. The summed E-state index contributed by atoms with van der Waals surface area (Å²) >= 11 is 0. The van der Waals surface area contributed by atoms with Crippen molar-refractivity contribution in [2.75, 3.05) is 4.90 Å². The molecular formula is C38H32N2Si. The molecule has 0 saturated heterocycles. The Labute approximate surface area is 242 Å². The SMILES string of the molecule is C[Si](C)(C)c1ccc(N(c2ccccc2)c2c3ccccc3c(-c3cccc4ccccc34)c3ccccc23)nc1. The van der Waals surface area contributed by atoms with E-state index in [1.54, 1.807) is 0 Å². The van der Waals surface area contributed by atoms with Gasteiger partial charge in [0.05, 0.1) is 13.8 Å². The standard InChI is InChI=1S/C38H32N2Si/c1-41(2,3)29-24-25-36(39-26-29)40(28-16-5-4-6-17-28)38-34-21-11-9-19-32(34)37(33-20-10-12-22-35(33)38)31-23-13-15-27-14-7-8-18-30(27)31/h4-26H,1-3H3. The fourth-order valence-corrected chi connectivity index (χ4v) is 7.03. The second-order valence-electron chi connectivity index (χ2n) is 11.7. The average Bonchev–Trinajstić information content (AvgIpc) is 3.01. The van der Waals surface area contributed by atoms with Crippen molar-refractivity contribution in [3.63, 3.8) is 0 Å². The number of nitrogens with zero attached hydrogens (tertiary/aromatic N) is 2. The molecule has 7 rings (SSSR count). The molecule has 0 aliphatic heterocycles. The number of para-hydroxylation sites is 1. The molecule has 0 atom stereocenters. The van der Waals surface area contributed by atoms with E-state index in [4.69, 9.17) is 4.98 Å². The first-order valence-electron chi connectivity index (χ1n) is 14.2. The van der Waals surface area contributed by atoms with E-state index in [0.29, 0.717) is 0 Å². The summed E-state index contributed by atoms with van der Waals surface area (Å²) in [5.74, 6) is 0.923. The van der Waals surface area contributed by atoms with Gasteiger partial charge in [-0.1, -0.05) is 135 Å². The molecule has 0 fully saturated rings. The number of hydrogen-bond acceptors (Lipinski definition) is 2. The van der Waals surface area contributed by atoms with Crippen LogP contribution in [-0.4, -0.2) is 13.1 Å². The minimum atomic E-state index is -1.49. The van der Waals surface area contributed by atoms with E-state index in [2.05, 4.69) is 164 Å². The first kappa shape index (κ1) is 25.2. The maximum atomic E-state index is 5.09. The van der Waals surface area contributed by atoms with Gasteiger partial charge >= 0.3 is 0 Å². The van der Waals surface area contributed by atoms with Crippen LogP contribution in [-0.2, 0) is 0 Å². The minimum absolute atomic E-state index is 0.923. The highest BCUT2D eigenvalue weighted by Crippen LogP contribution is 2.48. The molecule has 0 aliphatic carbocycles. The molecule has 0 unspecified atom stereocenters. The Morgan fingerprint density at radius 3 is 1.68 bits per heavy atom. The fourth-order valence-electron chi connectivity index (χ4n) is 5.99. The van der Waals surface area contributed by atoms with Crippen LogP contribution in [0.25, 0.3) is 43.4 Å². The molecule has 1 aromatic heterocycles. The van der Waals surface area contributed by atoms with Gasteiger partial charge in [-0.3, -0.25) is 4.90 Å². The molecule has 3 heteroatoms. The van der Waals surface area contributed by atoms with Crippen LogP contribution >= 0.6 is 0 Å². The van der Waals surface area contributed by atoms with Crippen molar-refractivity contribution in [3.05, 3.63) is 140 Å². The van der Waals surface area contributed by atoms with E-state index < -0.39 is 8.07 Å². The van der Waals surface area contributed by atoms with Gasteiger partial charge in [-0.25, -0.2) is 4.98 Å². The van der Waals surface area contributed by atoms with Crippen LogP contribution in [0.3, 0.4) is 0 Å². The minimum Gasteiger partial charge on any atom is -0.294 e. The smallest absolute Gasteiger partial charge is 0.137 e. The van der Waals surface area contributed by atoms with E-state index in [1.165, 1.54) is 48.6 Å². The van der Waals surface area contributed by atoms with Gasteiger partial charge in [0.15, 0.2) is 0 Å². The number of fused-ring (bicyclic) bond motifs is 3. The lowest BCUT2D eigenvalue weighted by atomic mass is 9.88. The Balaban J connectivity index is 1.59. The molecule has 41 heavy (non-hydrogen) atoms. The molecule has 0 spiro atoms. The maximum absolute atomic E-state index is 5.09. The molecule has 6 aromatic carbocycles. The summed E-state index contributed by atoms with van der Waals surface area (Å²) < 4.78 is 0. The Kier molecular flexibility index (Phi) is 6.17. The zero-order chi connectivity index (χ0) is 28.0. The number of hydrogen-bond donors (Lipinski definition) is 0. The Hall–Kier alpha value is -4.73. The molecule has 1 heterocycles. The molecule has 198 valence electrons. The van der Waals surface area contributed by atoms with Crippen LogP contribution < -0.4 is 10.1 Å². The maximum Gasteiger partial charge on any atom is 0.137 e. The number of benzene rings is 6. The van der Waals surface area contributed by atoms with Gasteiger partial charge in [-0.2, -0.15) is 0 Å². The first-order valence-corrected chi connectivity index (χ1v) is 17.7. The van der Waals surface area contributed by atoms with E-state index in [1.807, 2.05) is 0 Å². The van der Waals surface area contributed by atoms with Crippen LogP contribution in [0.1, 0.15) is 0 Å². The van der Waals surface area contributed by atoms with Crippen molar-refractivity contribution in [2.24, 2.45) is 0 Å². The third kappa shape index (κ3) is 4.39. The second-order valence-corrected chi connectivity index (χ2v) is 16.7. The molecule has 0 bridgehead atoms. The largest absolute Gasteiger partial charge is 0.294 e. The fraction of sp³-hybridized carbons (Fsp3) is 0.0789. The highest BCUT2D eigenvalue weighted by atomic mass is 28.3. The summed E-state index contributed by atoms with van der Waals surface area (Å²) in [6.45, 7) is 7.10. The summed E-state index contributed by atoms with van der Waals surface area (Å²) in [7, 11) is -1.49. The zero-order valence-corrected chi connectivity index (χ0v) is 24.7. The van der Waals surface area contributed by atoms with Gasteiger partial charge in [-0.15, -0.1) is 0 Å². The predicted octanol–water partition coefficient (Wildman–Crippen LogP) is 10.2. The van der Waals surface area contributed by atoms with Gasteiger partial charge in [0.25, 0.3) is 0 Å². The third-order valence-electron chi connectivity index (χ3n) is 8.04. The summed E-state index contributed by atoms with van der Waals surface area (Å²) in [6.07, 6.45) is 2.09. The Morgan fingerprint density at radius 1 is 0.512 bits per heavy atom. The number of rotatable bonds is 5. The van der Waals surface area contributed by atoms with Crippen molar-refractivity contribution in [1.29, 1.82) is 0 Å². The van der Waals surface area contributed by atoms with Crippen molar-refractivity contribution < 1.29 is 0 Å². The lowest BCUT2D eigenvalue weighted by Gasteiger charge is -2.29. The van der Waals surface area contributed by atoms with E-state index in [9.17, 15) is 0 Å². The van der Waals surface area contributed by atoms with Crippen molar-refractivity contribution in [1.82, 2.24) is 4.98 Å². The summed E-state index contributed by atoms with van der Waals surface area (Å²) in [6, 6.07) is 48.1. The van der Waals surface area contributed by atoms with Gasteiger partial charge in [-0.05, 0) is 56.1 Å². The number of aromatic nitrogens is 1. The average molecular weight is 545 g/mol. The predicted molar refractivity (Wildman–Crippen MR) is 180 cm³/mol. The molecule has 0 radical (unpaired) electrons. The van der Waals surface area contributed by atoms with Crippen molar-refractivity contribution in [2.45, 2.75) is 19.6 Å². The molecular weight excluding hydrogens is 513 g/mol. The molecule has 7 aromatic rings. The van der Waals surface area contributed by atoms with E-state index in [0.717, 1.165) is 17.2 Å². The summed E-state index contributed by atoms with van der Waals surface area (Å²) in [5, 5.41) is 8.74. The Bertz CT molecular complexity index is 1960. The van der Waals surface area contributed by atoms with Crippen LogP contribution in [0.2, 0.25) is 19.6 Å². The lowest BCUT2D eigenvalue weighted by Crippen LogP contribution is -2.37. The lowest BCUT2D eigenvalue weighted by molar-refractivity contribution is 1.20. The zero-order valence-electron chi connectivity index (χ0n) is 23.7. The summed E-state index contributed by atoms with van der Waals surface area (Å²) in [5.41, 5.74) is 4.77. The van der Waals surface area contributed by atoms with Crippen LogP contribution in [0.15, 0.2) is 140 Å². The normalized spacial score (nSPS) is 11.8. The number of pyridine rings is 1. The number of anilines is 3. The molecule has 0 amide bonds. The quantitative estimate of drug-likeness (QED) is 0.158. The van der Waals surface area contributed by atoms with Crippen LogP contribution in [0, 0.1) is 0 Å². The molecule has 0 N–H and O–H groups in total. The van der Waals surface area contributed by atoms with Crippen molar-refractivity contribution in [3.8, 4) is 11.1 Å². The second kappa shape index (κ2) is 10.0. The first-order chi connectivity index (χ1) is 20.0. The Morgan fingerprint density at radius 2 is 1.07 bits per heavy atom. The monoisotopic (exact) mass is 544 g/mol. The van der Waals surface area contributed by atoms with Gasteiger partial charge in [0.2, 0.25) is 0 Å². The van der Waals surface area contributed by atoms with Gasteiger partial charge in [0.1, 0.15) is 5.82 Å². The highest BCUT2D eigenvalue weighted by Gasteiger charge is 2.24. The van der Waals surface area contributed by atoms with E-state index in [-0.39, 0.29) is 0 Å². The van der Waals surface area contributed by atoms with Crippen LogP contribution in [0.4, 0.5) is 17.2 Å². The van der Waals surface area contributed by atoms with Crippen LogP contribution in [0.5, 0.6) is 0 Å². The van der Waals surface area contributed by atoms with Gasteiger partial charge < -0.3 is 0 Å². The molecule has 0 aliphatic rings. The van der Waals surface area contributed by atoms with Gasteiger partial charge in [0, 0.05) is 22.7 Å². The third-order valence-corrected chi connectivity index (χ3v) is 10.1.